The molecule has 1 amide bonds. The molecule has 0 aliphatic heterocycles. The number of methoxy groups -OCH3 is 1. The zero-order valence-corrected chi connectivity index (χ0v) is 12.7. The van der Waals surface area contributed by atoms with Crippen molar-refractivity contribution in [3.05, 3.63) is 46.2 Å². The molecular weight excluding hydrogens is 286 g/mol. The normalized spacial score (nSPS) is 10.6. The Hall–Kier alpha value is -2.34. The third-order valence-electron chi connectivity index (χ3n) is 2.82. The van der Waals surface area contributed by atoms with Crippen molar-refractivity contribution in [3.63, 3.8) is 0 Å². The lowest BCUT2D eigenvalue weighted by Gasteiger charge is -2.09. The minimum Gasteiger partial charge on any atom is -0.495 e. The van der Waals surface area contributed by atoms with E-state index >= 15 is 0 Å². The van der Waals surface area contributed by atoms with Crippen molar-refractivity contribution in [3.8, 4) is 5.75 Å². The molecule has 1 aromatic heterocycles. The number of aryl methyl sites for hydroxylation is 1. The number of hydrogen-bond donors (Lipinski definition) is 2. The number of amides is 1. The Morgan fingerprint density at radius 3 is 2.90 bits per heavy atom. The van der Waals surface area contributed by atoms with Crippen molar-refractivity contribution in [1.82, 2.24) is 5.43 Å². The van der Waals surface area contributed by atoms with Crippen LogP contribution in [0.2, 0.25) is 0 Å². The van der Waals surface area contributed by atoms with Gasteiger partial charge in [-0.05, 0) is 36.1 Å². The van der Waals surface area contributed by atoms with Crippen LogP contribution in [0.1, 0.15) is 10.4 Å². The van der Waals surface area contributed by atoms with E-state index in [2.05, 4.69) is 15.8 Å². The van der Waals surface area contributed by atoms with E-state index in [1.165, 1.54) is 0 Å². The van der Waals surface area contributed by atoms with Gasteiger partial charge in [-0.15, -0.1) is 11.3 Å². The van der Waals surface area contributed by atoms with Crippen LogP contribution in [-0.4, -0.2) is 25.8 Å². The van der Waals surface area contributed by atoms with E-state index in [1.807, 2.05) is 42.6 Å². The number of benzene rings is 1. The summed E-state index contributed by atoms with van der Waals surface area (Å²) < 4.78 is 5.20. The molecule has 2 N–H and O–H groups in total. The summed E-state index contributed by atoms with van der Waals surface area (Å²) in [5, 5.41) is 8.94. The largest absolute Gasteiger partial charge is 0.495 e. The molecule has 0 fully saturated rings. The quantitative estimate of drug-likeness (QED) is 0.637. The van der Waals surface area contributed by atoms with Gasteiger partial charge in [0.25, 0.3) is 5.91 Å². The van der Waals surface area contributed by atoms with Gasteiger partial charge in [0.05, 0.1) is 25.6 Å². The summed E-state index contributed by atoms with van der Waals surface area (Å²) in [6.45, 7) is 2.13. The van der Waals surface area contributed by atoms with Crippen molar-refractivity contribution in [2.75, 3.05) is 19.0 Å². The monoisotopic (exact) mass is 303 g/mol. The van der Waals surface area contributed by atoms with Gasteiger partial charge in [0.1, 0.15) is 5.75 Å². The molecule has 0 spiro atoms. The van der Waals surface area contributed by atoms with Crippen LogP contribution >= 0.6 is 11.3 Å². The first kappa shape index (κ1) is 15.1. The Morgan fingerprint density at radius 1 is 1.38 bits per heavy atom. The fraction of sp³-hybridized carbons (Fsp3) is 0.200. The molecule has 0 atom stereocenters. The number of para-hydroxylation sites is 2. The second kappa shape index (κ2) is 7.44. The second-order valence-electron chi connectivity index (χ2n) is 4.31. The third kappa shape index (κ3) is 4.32. The van der Waals surface area contributed by atoms with Gasteiger partial charge in [-0.1, -0.05) is 12.1 Å². The fourth-order valence-electron chi connectivity index (χ4n) is 1.69. The molecule has 6 heteroatoms. The van der Waals surface area contributed by atoms with Gasteiger partial charge in [-0.25, -0.2) is 5.43 Å². The zero-order valence-electron chi connectivity index (χ0n) is 11.9. The van der Waals surface area contributed by atoms with Crippen molar-refractivity contribution in [2.24, 2.45) is 5.10 Å². The molecule has 0 radical (unpaired) electrons. The van der Waals surface area contributed by atoms with E-state index in [0.717, 1.165) is 16.1 Å². The lowest BCUT2D eigenvalue weighted by Crippen LogP contribution is -2.26. The second-order valence-corrected chi connectivity index (χ2v) is 5.26. The molecule has 1 aromatic carbocycles. The Labute approximate surface area is 127 Å². The Bertz CT molecular complexity index is 637. The average Bonchev–Trinajstić information content (AvgIpc) is 2.91. The van der Waals surface area contributed by atoms with Gasteiger partial charge in [-0.3, -0.25) is 4.79 Å². The maximum atomic E-state index is 11.7. The number of anilines is 1. The van der Waals surface area contributed by atoms with Crippen LogP contribution in [0.15, 0.2) is 40.8 Å². The fourth-order valence-corrected chi connectivity index (χ4v) is 2.47. The number of ether oxygens (including phenoxy) is 1. The van der Waals surface area contributed by atoms with Gasteiger partial charge in [0, 0.05) is 4.88 Å². The molecule has 0 saturated carbocycles. The van der Waals surface area contributed by atoms with Crippen LogP contribution in [0, 0.1) is 6.92 Å². The first-order valence-corrected chi connectivity index (χ1v) is 7.31. The predicted octanol–water partition coefficient (Wildman–Crippen LogP) is 2.63. The maximum absolute atomic E-state index is 11.7. The third-order valence-corrected chi connectivity index (χ3v) is 3.77. The van der Waals surface area contributed by atoms with Crippen molar-refractivity contribution in [1.29, 1.82) is 0 Å². The molecular formula is C15H17N3O2S. The maximum Gasteiger partial charge on any atom is 0.259 e. The smallest absolute Gasteiger partial charge is 0.259 e. The highest BCUT2D eigenvalue weighted by molar-refractivity contribution is 7.11. The molecule has 0 bridgehead atoms. The van der Waals surface area contributed by atoms with E-state index in [-0.39, 0.29) is 12.5 Å². The van der Waals surface area contributed by atoms with Gasteiger partial charge in [0.15, 0.2) is 0 Å². The van der Waals surface area contributed by atoms with E-state index in [1.54, 1.807) is 24.7 Å². The number of nitrogens with zero attached hydrogens (tertiary/aromatic N) is 1. The molecule has 110 valence electrons. The number of thiophene rings is 1. The van der Waals surface area contributed by atoms with E-state index in [0.29, 0.717) is 5.75 Å². The standard InChI is InChI=1S/C15H17N3O2S/c1-11-7-8-21-14(11)9-17-18-15(19)10-16-12-5-3-4-6-13(12)20-2/h3-9,16H,10H2,1-2H3,(H,18,19). The number of carbonyl (C=O) groups is 1. The van der Waals surface area contributed by atoms with Crippen LogP contribution in [0.4, 0.5) is 5.69 Å². The summed E-state index contributed by atoms with van der Waals surface area (Å²) in [4.78, 5) is 12.7. The zero-order chi connectivity index (χ0) is 15.1. The molecule has 0 aliphatic carbocycles. The molecule has 21 heavy (non-hydrogen) atoms. The SMILES string of the molecule is COc1ccccc1NCC(=O)NN=Cc1sccc1C. The summed E-state index contributed by atoms with van der Waals surface area (Å²) in [6, 6.07) is 9.44. The van der Waals surface area contributed by atoms with Crippen molar-refractivity contribution in [2.45, 2.75) is 6.92 Å². The van der Waals surface area contributed by atoms with E-state index in [4.69, 9.17) is 4.74 Å². The van der Waals surface area contributed by atoms with Crippen molar-refractivity contribution < 1.29 is 9.53 Å². The number of rotatable bonds is 6. The average molecular weight is 303 g/mol. The van der Waals surface area contributed by atoms with E-state index < -0.39 is 0 Å². The first-order valence-electron chi connectivity index (χ1n) is 6.43. The van der Waals surface area contributed by atoms with Gasteiger partial charge >= 0.3 is 0 Å². The number of hydrazone groups is 1. The Balaban J connectivity index is 1.82. The Morgan fingerprint density at radius 2 is 2.19 bits per heavy atom. The predicted molar refractivity (Wildman–Crippen MR) is 86.3 cm³/mol. The van der Waals surface area contributed by atoms with Gasteiger partial charge < -0.3 is 10.1 Å². The molecule has 0 unspecified atom stereocenters. The lowest BCUT2D eigenvalue weighted by molar-refractivity contribution is -0.119. The van der Waals surface area contributed by atoms with Crippen molar-refractivity contribution >= 4 is 29.1 Å². The molecule has 5 nitrogen and oxygen atoms in total. The van der Waals surface area contributed by atoms with Crippen LogP contribution in [-0.2, 0) is 4.79 Å². The highest BCUT2D eigenvalue weighted by atomic mass is 32.1. The number of carbonyl (C=O) groups excluding carboxylic acids is 1. The molecule has 0 aliphatic rings. The van der Waals surface area contributed by atoms with Gasteiger partial charge in [-0.2, -0.15) is 5.10 Å². The molecule has 0 saturated heterocycles. The van der Waals surface area contributed by atoms with Crippen LogP contribution in [0.25, 0.3) is 0 Å². The first-order chi connectivity index (χ1) is 10.2. The molecule has 2 rings (SSSR count). The summed E-state index contributed by atoms with van der Waals surface area (Å²) in [5.74, 6) is 0.481. The molecule has 2 aromatic rings. The van der Waals surface area contributed by atoms with Crippen LogP contribution in [0.3, 0.4) is 0 Å². The minimum atomic E-state index is -0.216. The summed E-state index contributed by atoms with van der Waals surface area (Å²) in [5.41, 5.74) is 4.40. The van der Waals surface area contributed by atoms with E-state index in [9.17, 15) is 4.79 Å². The summed E-state index contributed by atoms with van der Waals surface area (Å²) in [6.07, 6.45) is 1.65. The highest BCUT2D eigenvalue weighted by Gasteiger charge is 2.04. The number of hydrogen-bond acceptors (Lipinski definition) is 5. The highest BCUT2D eigenvalue weighted by Crippen LogP contribution is 2.22. The number of nitrogens with one attached hydrogen (secondary N) is 2. The Kier molecular flexibility index (Phi) is 5.34. The lowest BCUT2D eigenvalue weighted by atomic mass is 10.3. The summed E-state index contributed by atoms with van der Waals surface area (Å²) >= 11 is 1.58. The van der Waals surface area contributed by atoms with Crippen LogP contribution in [0.5, 0.6) is 5.75 Å². The molecule has 1 heterocycles. The summed E-state index contributed by atoms with van der Waals surface area (Å²) in [7, 11) is 1.59. The van der Waals surface area contributed by atoms with Crippen LogP contribution < -0.4 is 15.5 Å². The van der Waals surface area contributed by atoms with Gasteiger partial charge in [0.2, 0.25) is 0 Å². The minimum absolute atomic E-state index is 0.126. The topological polar surface area (TPSA) is 62.7 Å².